The fourth-order valence-corrected chi connectivity index (χ4v) is 0.388. The summed E-state index contributed by atoms with van der Waals surface area (Å²) in [6, 6.07) is 0. The molecule has 0 bridgehead atoms. The van der Waals surface area contributed by atoms with Gasteiger partial charge in [0.1, 0.15) is 18.2 Å². The summed E-state index contributed by atoms with van der Waals surface area (Å²) in [6.07, 6.45) is -0.580. The van der Waals surface area contributed by atoms with Crippen molar-refractivity contribution in [1.29, 1.82) is 0 Å². The van der Waals surface area contributed by atoms with E-state index < -0.39 is 6.09 Å². The standard InChI is InChI=1S/C4H3NO3/c6-1-3-2-8-4(7)5-3/h2H2,(H,5,7). The molecule has 1 heterocycles. The number of carbonyl (C=O) groups is 1. The van der Waals surface area contributed by atoms with Crippen molar-refractivity contribution in [2.24, 2.45) is 0 Å². The first-order valence-corrected chi connectivity index (χ1v) is 2.00. The number of rotatable bonds is 0. The van der Waals surface area contributed by atoms with Crippen molar-refractivity contribution in [2.45, 2.75) is 0 Å². The molecule has 1 saturated heterocycles. The Labute approximate surface area is 45.1 Å². The molecule has 0 unspecified atom stereocenters. The van der Waals surface area contributed by atoms with Crippen LogP contribution in [-0.4, -0.2) is 18.6 Å². The van der Waals surface area contributed by atoms with Crippen LogP contribution in [0.4, 0.5) is 4.79 Å². The maximum atomic E-state index is 10.1. The van der Waals surface area contributed by atoms with Crippen molar-refractivity contribution in [3.8, 4) is 0 Å². The van der Waals surface area contributed by atoms with E-state index >= 15 is 0 Å². The first kappa shape index (κ1) is 4.87. The molecule has 1 aliphatic rings. The molecular formula is C4H3NO3. The second-order valence-electron chi connectivity index (χ2n) is 1.28. The van der Waals surface area contributed by atoms with Crippen LogP contribution in [0.15, 0.2) is 5.70 Å². The average Bonchev–Trinajstić information content (AvgIpc) is 2.14. The van der Waals surface area contributed by atoms with Gasteiger partial charge in [0.2, 0.25) is 0 Å². The third kappa shape index (κ3) is 0.691. The Morgan fingerprint density at radius 3 is 2.75 bits per heavy atom. The van der Waals surface area contributed by atoms with E-state index in [0.717, 1.165) is 0 Å². The lowest BCUT2D eigenvalue weighted by molar-refractivity contribution is 0.179. The van der Waals surface area contributed by atoms with E-state index in [4.69, 9.17) is 0 Å². The molecule has 1 N–H and O–H groups in total. The lowest BCUT2D eigenvalue weighted by Crippen LogP contribution is -2.11. The zero-order valence-electron chi connectivity index (χ0n) is 3.93. The van der Waals surface area contributed by atoms with Crippen LogP contribution in [0, 0.1) is 0 Å². The quantitative estimate of drug-likeness (QED) is 0.428. The second-order valence-corrected chi connectivity index (χ2v) is 1.28. The molecule has 8 heavy (non-hydrogen) atoms. The van der Waals surface area contributed by atoms with E-state index in [1.54, 1.807) is 0 Å². The number of nitrogens with one attached hydrogen (secondary N) is 1. The molecule has 4 nitrogen and oxygen atoms in total. The molecule has 0 radical (unpaired) electrons. The highest BCUT2D eigenvalue weighted by atomic mass is 16.6. The van der Waals surface area contributed by atoms with Crippen molar-refractivity contribution in [3.05, 3.63) is 5.70 Å². The molecule has 1 aliphatic heterocycles. The third-order valence-corrected chi connectivity index (χ3v) is 0.724. The Balaban J connectivity index is 2.70. The summed E-state index contributed by atoms with van der Waals surface area (Å²) in [5.74, 6) is 1.50. The normalized spacial score (nSPS) is 17.0. The summed E-state index contributed by atoms with van der Waals surface area (Å²) in [6.45, 7) is 0.0301. The largest absolute Gasteiger partial charge is 0.442 e. The molecule has 4 heteroatoms. The predicted molar refractivity (Wildman–Crippen MR) is 23.7 cm³/mol. The van der Waals surface area contributed by atoms with Gasteiger partial charge in [-0.15, -0.1) is 0 Å². The summed E-state index contributed by atoms with van der Waals surface area (Å²) in [7, 11) is 0. The van der Waals surface area contributed by atoms with Gasteiger partial charge < -0.3 is 4.74 Å². The fourth-order valence-electron chi connectivity index (χ4n) is 0.388. The van der Waals surface area contributed by atoms with Crippen molar-refractivity contribution in [3.63, 3.8) is 0 Å². The van der Waals surface area contributed by atoms with E-state index in [2.05, 4.69) is 10.1 Å². The zero-order chi connectivity index (χ0) is 5.98. The Morgan fingerprint density at radius 1 is 1.75 bits per heavy atom. The number of ether oxygens (including phenoxy) is 1. The molecule has 0 aliphatic carbocycles. The van der Waals surface area contributed by atoms with Gasteiger partial charge in [0.05, 0.1) is 0 Å². The second kappa shape index (κ2) is 1.68. The Hall–Kier alpha value is -1.28. The highest BCUT2D eigenvalue weighted by Crippen LogP contribution is 1.94. The highest BCUT2D eigenvalue weighted by Gasteiger charge is 2.14. The highest BCUT2D eigenvalue weighted by molar-refractivity contribution is 5.76. The lowest BCUT2D eigenvalue weighted by atomic mass is 10.6. The summed E-state index contributed by atoms with van der Waals surface area (Å²) >= 11 is 0. The fraction of sp³-hybridized carbons (Fsp3) is 0.250. The molecule has 0 aromatic carbocycles. The van der Waals surface area contributed by atoms with Crippen molar-refractivity contribution < 1.29 is 14.3 Å². The van der Waals surface area contributed by atoms with Gasteiger partial charge in [0.25, 0.3) is 0 Å². The van der Waals surface area contributed by atoms with Crippen LogP contribution in [0.25, 0.3) is 0 Å². The zero-order valence-corrected chi connectivity index (χ0v) is 3.93. The van der Waals surface area contributed by atoms with Crippen LogP contribution in [0.3, 0.4) is 0 Å². The minimum absolute atomic E-state index is 0.0301. The van der Waals surface area contributed by atoms with Gasteiger partial charge in [-0.1, -0.05) is 0 Å². The molecule has 1 amide bonds. The number of cyclic esters (lactones) is 1. The van der Waals surface area contributed by atoms with Gasteiger partial charge >= 0.3 is 6.09 Å². The van der Waals surface area contributed by atoms with E-state index in [1.165, 1.54) is 5.94 Å². The van der Waals surface area contributed by atoms with Crippen LogP contribution < -0.4 is 5.32 Å². The predicted octanol–water partition coefficient (Wildman–Crippen LogP) is -0.558. The first-order valence-electron chi connectivity index (χ1n) is 2.00. The summed E-state index contributed by atoms with van der Waals surface area (Å²) in [5.41, 5.74) is 0.162. The average molecular weight is 113 g/mol. The minimum Gasteiger partial charge on any atom is -0.442 e. The molecule has 0 aromatic heterocycles. The Bertz CT molecular complexity index is 168. The van der Waals surface area contributed by atoms with Crippen LogP contribution in [0.2, 0.25) is 0 Å². The Kier molecular flexibility index (Phi) is 1.02. The number of alkyl carbamates (subject to hydrolysis) is 1. The molecule has 0 atom stereocenters. The summed E-state index contributed by atoms with van der Waals surface area (Å²) in [5, 5.41) is 2.14. The summed E-state index contributed by atoms with van der Waals surface area (Å²) < 4.78 is 4.31. The number of hydrogen-bond acceptors (Lipinski definition) is 3. The van der Waals surface area contributed by atoms with E-state index in [0.29, 0.717) is 0 Å². The maximum absolute atomic E-state index is 10.1. The minimum atomic E-state index is -0.580. The molecule has 1 fully saturated rings. The van der Waals surface area contributed by atoms with Gasteiger partial charge in [-0.25, -0.2) is 9.59 Å². The van der Waals surface area contributed by atoms with Crippen LogP contribution in [0.1, 0.15) is 0 Å². The van der Waals surface area contributed by atoms with E-state index in [1.807, 2.05) is 0 Å². The SMILES string of the molecule is O=C=C1COC(=O)N1. The van der Waals surface area contributed by atoms with Gasteiger partial charge in [-0.2, -0.15) is 0 Å². The Morgan fingerprint density at radius 2 is 2.50 bits per heavy atom. The third-order valence-electron chi connectivity index (χ3n) is 0.724. The van der Waals surface area contributed by atoms with Crippen LogP contribution in [-0.2, 0) is 9.53 Å². The molecule has 1 rings (SSSR count). The molecule has 0 aromatic rings. The van der Waals surface area contributed by atoms with Crippen LogP contribution >= 0.6 is 0 Å². The molecule has 0 spiro atoms. The summed E-state index contributed by atoms with van der Waals surface area (Å²) in [4.78, 5) is 19.8. The molecule has 42 valence electrons. The maximum Gasteiger partial charge on any atom is 0.412 e. The van der Waals surface area contributed by atoms with Gasteiger partial charge in [-0.3, -0.25) is 5.32 Å². The van der Waals surface area contributed by atoms with Gasteiger partial charge in [-0.05, 0) is 0 Å². The van der Waals surface area contributed by atoms with Gasteiger partial charge in [0.15, 0.2) is 0 Å². The number of amides is 1. The lowest BCUT2D eigenvalue weighted by Gasteiger charge is -1.79. The molecular weight excluding hydrogens is 110 g/mol. The van der Waals surface area contributed by atoms with Gasteiger partial charge in [0, 0.05) is 0 Å². The van der Waals surface area contributed by atoms with Crippen molar-refractivity contribution in [1.82, 2.24) is 5.32 Å². The van der Waals surface area contributed by atoms with E-state index in [-0.39, 0.29) is 12.3 Å². The monoisotopic (exact) mass is 113 g/mol. The number of carbonyl (C=O) groups excluding carboxylic acids is 2. The van der Waals surface area contributed by atoms with Crippen molar-refractivity contribution >= 4 is 12.0 Å². The number of hydrogen-bond donors (Lipinski definition) is 1. The van der Waals surface area contributed by atoms with Crippen molar-refractivity contribution in [2.75, 3.05) is 6.61 Å². The topological polar surface area (TPSA) is 55.4 Å². The molecule has 0 saturated carbocycles. The smallest absolute Gasteiger partial charge is 0.412 e. The van der Waals surface area contributed by atoms with Crippen LogP contribution in [0.5, 0.6) is 0 Å². The van der Waals surface area contributed by atoms with E-state index in [9.17, 15) is 9.59 Å². The first-order chi connectivity index (χ1) is 3.83.